The predicted octanol–water partition coefficient (Wildman–Crippen LogP) is 3.22. The number of fused-ring (bicyclic) bond motifs is 2. The van der Waals surface area contributed by atoms with Crippen LogP contribution < -0.4 is 10.9 Å². The van der Waals surface area contributed by atoms with Crippen LogP contribution in [0.3, 0.4) is 0 Å². The van der Waals surface area contributed by atoms with Gasteiger partial charge >= 0.3 is 0 Å². The highest BCUT2D eigenvalue weighted by Gasteiger charge is 2.36. The molecule has 1 aliphatic carbocycles. The summed E-state index contributed by atoms with van der Waals surface area (Å²) in [4.78, 5) is 9.73. The fraction of sp³-hybridized carbons (Fsp3) is 0.400. The highest BCUT2D eigenvalue weighted by molar-refractivity contribution is 5.78. The number of rotatable bonds is 2. The van der Waals surface area contributed by atoms with E-state index in [9.17, 15) is 0 Å². The molecule has 128 valence electrons. The van der Waals surface area contributed by atoms with Crippen molar-refractivity contribution in [3.8, 4) is 11.4 Å². The van der Waals surface area contributed by atoms with Crippen LogP contribution in [0.25, 0.3) is 22.6 Å². The minimum atomic E-state index is 0.457. The number of nitrogens with one attached hydrogen (secondary N) is 2. The number of benzene rings is 1. The first-order valence-electron chi connectivity index (χ1n) is 9.18. The lowest BCUT2D eigenvalue weighted by molar-refractivity contribution is 0.257. The molecule has 0 spiro atoms. The van der Waals surface area contributed by atoms with Crippen LogP contribution in [0.15, 0.2) is 42.6 Å². The van der Waals surface area contributed by atoms with Gasteiger partial charge in [-0.05, 0) is 43.7 Å². The molecule has 3 atom stereocenters. The summed E-state index contributed by atoms with van der Waals surface area (Å²) in [7, 11) is 0. The standard InChI is InChI=1S/C20H23N5/c1-13-9-18-20(21-11-13)25(19(23-18)14-5-3-2-4-6-14)16-7-8-17-15(10-16)12-22-24-17/h2-6,9,11,15-17,22,24H,7-8,10,12H2,1H3. The van der Waals surface area contributed by atoms with Gasteiger partial charge in [0, 0.05) is 30.4 Å². The maximum atomic E-state index is 4.97. The van der Waals surface area contributed by atoms with Gasteiger partial charge in [0.15, 0.2) is 5.65 Å². The highest BCUT2D eigenvalue weighted by Crippen LogP contribution is 2.38. The third-order valence-corrected chi connectivity index (χ3v) is 5.67. The van der Waals surface area contributed by atoms with Crippen LogP contribution >= 0.6 is 0 Å². The predicted molar refractivity (Wildman–Crippen MR) is 99.0 cm³/mol. The Hall–Kier alpha value is -2.24. The first-order valence-corrected chi connectivity index (χ1v) is 9.18. The van der Waals surface area contributed by atoms with E-state index >= 15 is 0 Å². The molecule has 2 aromatic heterocycles. The van der Waals surface area contributed by atoms with Crippen molar-refractivity contribution in [2.24, 2.45) is 5.92 Å². The SMILES string of the molecule is Cc1cnc2c(c1)nc(-c1ccccc1)n2C1CCC2NNCC2C1. The number of hydrogen-bond donors (Lipinski definition) is 2. The zero-order valence-electron chi connectivity index (χ0n) is 14.4. The molecule has 25 heavy (non-hydrogen) atoms. The third-order valence-electron chi connectivity index (χ3n) is 5.67. The molecule has 5 nitrogen and oxygen atoms in total. The van der Waals surface area contributed by atoms with E-state index in [0.29, 0.717) is 18.0 Å². The molecule has 3 aromatic rings. The fourth-order valence-electron chi connectivity index (χ4n) is 4.43. The number of nitrogens with zero attached hydrogens (tertiary/aromatic N) is 3. The monoisotopic (exact) mass is 333 g/mol. The minimum absolute atomic E-state index is 0.457. The topological polar surface area (TPSA) is 54.8 Å². The molecule has 1 aliphatic heterocycles. The van der Waals surface area contributed by atoms with Crippen molar-refractivity contribution < 1.29 is 0 Å². The average Bonchev–Trinajstić information content (AvgIpc) is 3.25. The maximum Gasteiger partial charge on any atom is 0.160 e. The van der Waals surface area contributed by atoms with E-state index in [4.69, 9.17) is 9.97 Å². The summed E-state index contributed by atoms with van der Waals surface area (Å²) >= 11 is 0. The zero-order chi connectivity index (χ0) is 16.8. The van der Waals surface area contributed by atoms with Gasteiger partial charge in [0.1, 0.15) is 11.3 Å². The first kappa shape index (κ1) is 15.0. The second-order valence-electron chi connectivity index (χ2n) is 7.39. The quantitative estimate of drug-likeness (QED) is 0.756. The number of aromatic nitrogens is 3. The molecular weight excluding hydrogens is 310 g/mol. The molecule has 1 saturated heterocycles. The van der Waals surface area contributed by atoms with Gasteiger partial charge in [-0.15, -0.1) is 0 Å². The fourth-order valence-corrected chi connectivity index (χ4v) is 4.43. The lowest BCUT2D eigenvalue weighted by Gasteiger charge is -2.32. The third kappa shape index (κ3) is 2.55. The molecule has 3 unspecified atom stereocenters. The summed E-state index contributed by atoms with van der Waals surface area (Å²) in [5, 5.41) is 0. The Kier molecular flexibility index (Phi) is 3.57. The van der Waals surface area contributed by atoms with Crippen LogP contribution in [-0.4, -0.2) is 27.1 Å². The number of pyridine rings is 1. The van der Waals surface area contributed by atoms with Gasteiger partial charge in [-0.1, -0.05) is 30.3 Å². The van der Waals surface area contributed by atoms with Gasteiger partial charge in [-0.3, -0.25) is 10.9 Å². The molecular formula is C20H23N5. The van der Waals surface area contributed by atoms with Gasteiger partial charge in [0.05, 0.1) is 0 Å². The highest BCUT2D eigenvalue weighted by atomic mass is 15.4. The molecule has 5 rings (SSSR count). The summed E-state index contributed by atoms with van der Waals surface area (Å²) in [6.07, 6.45) is 5.49. The van der Waals surface area contributed by atoms with Crippen molar-refractivity contribution in [1.82, 2.24) is 25.4 Å². The van der Waals surface area contributed by atoms with Crippen LogP contribution in [0.4, 0.5) is 0 Å². The van der Waals surface area contributed by atoms with Gasteiger partial charge < -0.3 is 4.57 Å². The van der Waals surface area contributed by atoms with Crippen molar-refractivity contribution in [3.05, 3.63) is 48.2 Å². The van der Waals surface area contributed by atoms with Crippen molar-refractivity contribution in [2.75, 3.05) is 6.54 Å². The molecule has 5 heteroatoms. The second kappa shape index (κ2) is 5.93. The molecule has 2 N–H and O–H groups in total. The smallest absolute Gasteiger partial charge is 0.160 e. The number of imidazole rings is 1. The van der Waals surface area contributed by atoms with Crippen LogP contribution in [0, 0.1) is 12.8 Å². The Balaban J connectivity index is 1.65. The lowest BCUT2D eigenvalue weighted by Crippen LogP contribution is -2.36. The molecule has 0 radical (unpaired) electrons. The van der Waals surface area contributed by atoms with Crippen molar-refractivity contribution in [3.63, 3.8) is 0 Å². The Bertz CT molecular complexity index is 901. The second-order valence-corrected chi connectivity index (χ2v) is 7.39. The summed E-state index contributed by atoms with van der Waals surface area (Å²) in [6, 6.07) is 13.7. The molecule has 0 amide bonds. The summed E-state index contributed by atoms with van der Waals surface area (Å²) < 4.78 is 2.40. The Morgan fingerprint density at radius 1 is 1.16 bits per heavy atom. The van der Waals surface area contributed by atoms with E-state index in [1.807, 2.05) is 6.20 Å². The molecule has 3 heterocycles. The summed E-state index contributed by atoms with van der Waals surface area (Å²) in [5.74, 6) is 1.74. The summed E-state index contributed by atoms with van der Waals surface area (Å²) in [6.45, 7) is 3.13. The molecule has 0 bridgehead atoms. The Labute approximate surface area is 147 Å². The molecule has 2 aliphatic rings. The minimum Gasteiger partial charge on any atom is -0.306 e. The van der Waals surface area contributed by atoms with Crippen LogP contribution in [0.1, 0.15) is 30.9 Å². The lowest BCUT2D eigenvalue weighted by atomic mass is 9.82. The number of aryl methyl sites for hydroxylation is 1. The summed E-state index contributed by atoms with van der Waals surface area (Å²) in [5.41, 5.74) is 11.1. The average molecular weight is 333 g/mol. The van der Waals surface area contributed by atoms with Gasteiger partial charge in [-0.25, -0.2) is 9.97 Å². The van der Waals surface area contributed by atoms with E-state index in [-0.39, 0.29) is 0 Å². The van der Waals surface area contributed by atoms with Gasteiger partial charge in [0.25, 0.3) is 0 Å². The normalized spacial score (nSPS) is 26.0. The number of hydrogen-bond acceptors (Lipinski definition) is 4. The van der Waals surface area contributed by atoms with E-state index < -0.39 is 0 Å². The van der Waals surface area contributed by atoms with Crippen molar-refractivity contribution in [1.29, 1.82) is 0 Å². The first-order chi connectivity index (χ1) is 12.3. The Morgan fingerprint density at radius 3 is 2.92 bits per heavy atom. The van der Waals surface area contributed by atoms with Crippen molar-refractivity contribution in [2.45, 2.75) is 38.3 Å². The van der Waals surface area contributed by atoms with Crippen molar-refractivity contribution >= 4 is 11.2 Å². The molecule has 2 fully saturated rings. The largest absolute Gasteiger partial charge is 0.306 e. The van der Waals surface area contributed by atoms with E-state index in [1.54, 1.807) is 0 Å². The van der Waals surface area contributed by atoms with E-state index in [1.165, 1.54) is 18.4 Å². The molecule has 1 aromatic carbocycles. The van der Waals surface area contributed by atoms with Crippen LogP contribution in [0.2, 0.25) is 0 Å². The van der Waals surface area contributed by atoms with E-state index in [2.05, 4.69) is 58.7 Å². The van der Waals surface area contributed by atoms with E-state index in [0.717, 1.165) is 35.5 Å². The molecule has 1 saturated carbocycles. The van der Waals surface area contributed by atoms with Gasteiger partial charge in [0.2, 0.25) is 0 Å². The number of hydrazine groups is 1. The van der Waals surface area contributed by atoms with Crippen LogP contribution in [0.5, 0.6) is 0 Å². The Morgan fingerprint density at radius 2 is 2.04 bits per heavy atom. The zero-order valence-corrected chi connectivity index (χ0v) is 14.4. The van der Waals surface area contributed by atoms with Gasteiger partial charge in [-0.2, -0.15) is 0 Å². The maximum absolute atomic E-state index is 4.97. The van der Waals surface area contributed by atoms with Crippen LogP contribution in [-0.2, 0) is 0 Å².